The lowest BCUT2D eigenvalue weighted by Gasteiger charge is -2.16. The van der Waals surface area contributed by atoms with E-state index < -0.39 is 0 Å². The predicted molar refractivity (Wildman–Crippen MR) is 81.2 cm³/mol. The Morgan fingerprint density at radius 3 is 2.55 bits per heavy atom. The molecule has 0 fully saturated rings. The zero-order valence-corrected chi connectivity index (χ0v) is 12.5. The zero-order chi connectivity index (χ0) is 14.4. The molecule has 1 heterocycles. The van der Waals surface area contributed by atoms with Crippen molar-refractivity contribution in [3.05, 3.63) is 53.5 Å². The summed E-state index contributed by atoms with van der Waals surface area (Å²) in [6.07, 6.45) is 4.80. The Bertz CT molecular complexity index is 516. The summed E-state index contributed by atoms with van der Waals surface area (Å²) in [5.74, 6) is 1.99. The molecule has 2 rings (SSSR count). The minimum atomic E-state index is 0.339. The van der Waals surface area contributed by atoms with Crippen LogP contribution in [-0.2, 0) is 12.8 Å². The lowest BCUT2D eigenvalue weighted by atomic mass is 9.98. The van der Waals surface area contributed by atoms with Crippen LogP contribution in [0.3, 0.4) is 0 Å². The van der Waals surface area contributed by atoms with Gasteiger partial charge in [0.1, 0.15) is 11.5 Å². The third-order valence-electron chi connectivity index (χ3n) is 3.71. The molecule has 0 bridgehead atoms. The van der Waals surface area contributed by atoms with E-state index >= 15 is 0 Å². The largest absolute Gasteiger partial charge is 0.497 e. The summed E-state index contributed by atoms with van der Waals surface area (Å²) in [5.41, 5.74) is 2.61. The smallest absolute Gasteiger partial charge is 0.118 e. The van der Waals surface area contributed by atoms with Gasteiger partial charge in [0, 0.05) is 18.0 Å². The van der Waals surface area contributed by atoms with E-state index in [2.05, 4.69) is 30.4 Å². The van der Waals surface area contributed by atoms with Crippen molar-refractivity contribution in [2.45, 2.75) is 32.2 Å². The first kappa shape index (κ1) is 14.7. The van der Waals surface area contributed by atoms with Crippen molar-refractivity contribution < 1.29 is 9.15 Å². The van der Waals surface area contributed by atoms with E-state index in [4.69, 9.17) is 9.15 Å². The molecule has 20 heavy (non-hydrogen) atoms. The molecule has 0 spiro atoms. The molecule has 0 aliphatic rings. The Labute approximate surface area is 121 Å². The molecule has 1 aromatic heterocycles. The Hall–Kier alpha value is -1.74. The fourth-order valence-corrected chi connectivity index (χ4v) is 2.51. The lowest BCUT2D eigenvalue weighted by molar-refractivity contribution is 0.414. The van der Waals surface area contributed by atoms with E-state index in [1.54, 1.807) is 13.4 Å². The molecule has 0 aliphatic carbocycles. The van der Waals surface area contributed by atoms with Gasteiger partial charge in [-0.15, -0.1) is 0 Å². The van der Waals surface area contributed by atoms with Crippen molar-refractivity contribution in [3.8, 4) is 5.75 Å². The molecule has 1 N–H and O–H groups in total. The number of ether oxygens (including phenoxy) is 1. The van der Waals surface area contributed by atoms with E-state index in [1.165, 1.54) is 11.1 Å². The fraction of sp³-hybridized carbons (Fsp3) is 0.412. The minimum absolute atomic E-state index is 0.339. The van der Waals surface area contributed by atoms with Crippen LogP contribution in [0.25, 0.3) is 0 Å². The van der Waals surface area contributed by atoms with Crippen molar-refractivity contribution in [2.24, 2.45) is 0 Å². The van der Waals surface area contributed by atoms with Crippen LogP contribution < -0.4 is 10.1 Å². The first-order valence-electron chi connectivity index (χ1n) is 7.15. The van der Waals surface area contributed by atoms with Gasteiger partial charge >= 0.3 is 0 Å². The average Bonchev–Trinajstić information content (AvgIpc) is 2.97. The second kappa shape index (κ2) is 7.15. The summed E-state index contributed by atoms with van der Waals surface area (Å²) in [6.45, 7) is 2.12. The summed E-state index contributed by atoms with van der Waals surface area (Å²) in [6, 6.07) is 10.7. The fourth-order valence-electron chi connectivity index (χ4n) is 2.51. The third kappa shape index (κ3) is 3.42. The van der Waals surface area contributed by atoms with E-state index in [-0.39, 0.29) is 0 Å². The first-order valence-corrected chi connectivity index (χ1v) is 7.15. The van der Waals surface area contributed by atoms with Crippen LogP contribution in [0.15, 0.2) is 41.0 Å². The number of aryl methyl sites for hydroxylation is 2. The van der Waals surface area contributed by atoms with Gasteiger partial charge in [-0.1, -0.05) is 19.1 Å². The maximum Gasteiger partial charge on any atom is 0.118 e. The van der Waals surface area contributed by atoms with Crippen LogP contribution in [0, 0.1) is 0 Å². The molecular formula is C17H23NO2. The SMILES string of the molecule is CCc1occc1C(CCc1ccc(OC)cc1)NC. The zero-order valence-electron chi connectivity index (χ0n) is 12.5. The van der Waals surface area contributed by atoms with E-state index in [1.807, 2.05) is 19.2 Å². The maximum atomic E-state index is 5.52. The lowest BCUT2D eigenvalue weighted by Crippen LogP contribution is -2.17. The number of hydrogen-bond donors (Lipinski definition) is 1. The van der Waals surface area contributed by atoms with Crippen molar-refractivity contribution in [1.82, 2.24) is 5.32 Å². The second-order valence-corrected chi connectivity index (χ2v) is 4.88. The molecule has 1 atom stereocenters. The van der Waals surface area contributed by atoms with Gasteiger partial charge in [-0.05, 0) is 43.7 Å². The Morgan fingerprint density at radius 2 is 1.95 bits per heavy atom. The quantitative estimate of drug-likeness (QED) is 0.834. The summed E-state index contributed by atoms with van der Waals surface area (Å²) in [7, 11) is 3.70. The third-order valence-corrected chi connectivity index (χ3v) is 3.71. The predicted octanol–water partition coefficient (Wildman–Crippen LogP) is 3.74. The standard InChI is InChI=1S/C17H23NO2/c1-4-17-15(11-12-20-17)16(18-2)10-7-13-5-8-14(19-3)9-6-13/h5-6,8-9,11-12,16,18H,4,7,10H2,1-3H3. The van der Waals surface area contributed by atoms with Crippen LogP contribution in [0.1, 0.15) is 36.3 Å². The summed E-state index contributed by atoms with van der Waals surface area (Å²) in [4.78, 5) is 0. The van der Waals surface area contributed by atoms with Crippen molar-refractivity contribution >= 4 is 0 Å². The van der Waals surface area contributed by atoms with Gasteiger partial charge in [-0.2, -0.15) is 0 Å². The monoisotopic (exact) mass is 273 g/mol. The van der Waals surface area contributed by atoms with Gasteiger partial charge in [0.2, 0.25) is 0 Å². The van der Waals surface area contributed by atoms with Crippen molar-refractivity contribution in [3.63, 3.8) is 0 Å². The highest BCUT2D eigenvalue weighted by Crippen LogP contribution is 2.24. The molecule has 1 unspecified atom stereocenters. The molecule has 1 aromatic carbocycles. The molecule has 108 valence electrons. The molecule has 3 nitrogen and oxygen atoms in total. The average molecular weight is 273 g/mol. The Morgan fingerprint density at radius 1 is 1.20 bits per heavy atom. The number of rotatable bonds is 7. The maximum absolute atomic E-state index is 5.52. The first-order chi connectivity index (χ1) is 9.78. The van der Waals surface area contributed by atoms with Gasteiger partial charge in [0.15, 0.2) is 0 Å². The highest BCUT2D eigenvalue weighted by Gasteiger charge is 2.15. The van der Waals surface area contributed by atoms with Crippen LogP contribution >= 0.6 is 0 Å². The van der Waals surface area contributed by atoms with Gasteiger partial charge < -0.3 is 14.5 Å². The highest BCUT2D eigenvalue weighted by atomic mass is 16.5. The molecule has 0 saturated heterocycles. The van der Waals surface area contributed by atoms with Crippen LogP contribution in [0.4, 0.5) is 0 Å². The molecule has 0 saturated carbocycles. The van der Waals surface area contributed by atoms with Crippen LogP contribution in [0.2, 0.25) is 0 Å². The summed E-state index contributed by atoms with van der Waals surface area (Å²) < 4.78 is 10.7. The molecular weight excluding hydrogens is 250 g/mol. The van der Waals surface area contributed by atoms with Gasteiger partial charge in [0.05, 0.1) is 13.4 Å². The van der Waals surface area contributed by atoms with Gasteiger partial charge in [-0.25, -0.2) is 0 Å². The highest BCUT2D eigenvalue weighted by molar-refractivity contribution is 5.28. The van der Waals surface area contributed by atoms with Crippen molar-refractivity contribution in [2.75, 3.05) is 14.2 Å². The molecule has 0 aliphatic heterocycles. The van der Waals surface area contributed by atoms with Crippen LogP contribution in [0.5, 0.6) is 5.75 Å². The van der Waals surface area contributed by atoms with E-state index in [0.717, 1.165) is 30.8 Å². The number of methoxy groups -OCH3 is 1. The van der Waals surface area contributed by atoms with Gasteiger partial charge in [-0.3, -0.25) is 0 Å². The second-order valence-electron chi connectivity index (χ2n) is 4.88. The Kier molecular flexibility index (Phi) is 5.24. The minimum Gasteiger partial charge on any atom is -0.497 e. The topological polar surface area (TPSA) is 34.4 Å². The van der Waals surface area contributed by atoms with Crippen LogP contribution in [-0.4, -0.2) is 14.2 Å². The Balaban J connectivity index is 2.00. The number of hydrogen-bond acceptors (Lipinski definition) is 3. The number of nitrogens with one attached hydrogen (secondary N) is 1. The summed E-state index contributed by atoms with van der Waals surface area (Å²) >= 11 is 0. The molecule has 2 aromatic rings. The summed E-state index contributed by atoms with van der Waals surface area (Å²) in [5, 5.41) is 3.39. The van der Waals surface area contributed by atoms with Gasteiger partial charge in [0.25, 0.3) is 0 Å². The van der Waals surface area contributed by atoms with E-state index in [9.17, 15) is 0 Å². The molecule has 0 amide bonds. The number of benzene rings is 1. The normalized spacial score (nSPS) is 12.3. The molecule has 3 heteroatoms. The molecule has 0 radical (unpaired) electrons. The van der Waals surface area contributed by atoms with E-state index in [0.29, 0.717) is 6.04 Å². The van der Waals surface area contributed by atoms with Crippen molar-refractivity contribution in [1.29, 1.82) is 0 Å². The number of furan rings is 1.